The number of aromatic nitrogens is 1. The van der Waals surface area contributed by atoms with E-state index >= 15 is 0 Å². The van der Waals surface area contributed by atoms with Gasteiger partial charge in [-0.2, -0.15) is 5.10 Å². The smallest absolute Gasteiger partial charge is 0.206 e. The maximum absolute atomic E-state index is 13.4. The molecule has 0 atom stereocenters. The van der Waals surface area contributed by atoms with Crippen molar-refractivity contribution in [1.29, 1.82) is 0 Å². The van der Waals surface area contributed by atoms with Crippen molar-refractivity contribution in [2.45, 2.75) is 19.9 Å². The standard InChI is InChI=1S/C22H24FN3O3S/c1-14(2)25-22-26(18(13-30-22)15-6-8-17(23)9-7-15)24-12-16-10-20(28-4)21(29-5)11-19(16)27-3/h6-14H,1-5H3. The van der Waals surface area contributed by atoms with E-state index in [0.29, 0.717) is 17.2 Å². The van der Waals surface area contributed by atoms with Crippen LogP contribution >= 0.6 is 11.3 Å². The first kappa shape index (κ1) is 21.6. The normalized spacial score (nSPS) is 12.0. The molecule has 0 saturated heterocycles. The molecule has 0 fully saturated rings. The van der Waals surface area contributed by atoms with Gasteiger partial charge in [0.05, 0.1) is 33.2 Å². The second-order valence-corrected chi connectivity index (χ2v) is 7.48. The summed E-state index contributed by atoms with van der Waals surface area (Å²) in [6.45, 7) is 4.01. The van der Waals surface area contributed by atoms with Crippen molar-refractivity contribution in [1.82, 2.24) is 4.68 Å². The molecule has 1 heterocycles. The van der Waals surface area contributed by atoms with Gasteiger partial charge in [-0.25, -0.2) is 9.07 Å². The van der Waals surface area contributed by atoms with Crippen molar-refractivity contribution in [3.05, 3.63) is 58.0 Å². The van der Waals surface area contributed by atoms with Crippen LogP contribution in [0.1, 0.15) is 19.4 Å². The van der Waals surface area contributed by atoms with Gasteiger partial charge in [-0.3, -0.25) is 4.99 Å². The number of hydrogen-bond acceptors (Lipinski definition) is 6. The van der Waals surface area contributed by atoms with Gasteiger partial charge in [0.25, 0.3) is 0 Å². The van der Waals surface area contributed by atoms with Gasteiger partial charge in [0.2, 0.25) is 4.80 Å². The molecular formula is C22H24FN3O3S. The third-order valence-electron chi connectivity index (χ3n) is 4.24. The van der Waals surface area contributed by atoms with E-state index in [1.807, 2.05) is 19.2 Å². The number of halogens is 1. The second kappa shape index (κ2) is 9.58. The van der Waals surface area contributed by atoms with Gasteiger partial charge >= 0.3 is 0 Å². The van der Waals surface area contributed by atoms with Crippen LogP contribution in [0.25, 0.3) is 11.3 Å². The summed E-state index contributed by atoms with van der Waals surface area (Å²) >= 11 is 1.48. The summed E-state index contributed by atoms with van der Waals surface area (Å²) in [6, 6.07) is 9.94. The summed E-state index contributed by atoms with van der Waals surface area (Å²) in [4.78, 5) is 5.39. The minimum Gasteiger partial charge on any atom is -0.496 e. The molecule has 6 nitrogen and oxygen atoms in total. The van der Waals surface area contributed by atoms with E-state index in [1.54, 1.807) is 56.5 Å². The van der Waals surface area contributed by atoms with Crippen molar-refractivity contribution in [2.24, 2.45) is 10.1 Å². The lowest BCUT2D eigenvalue weighted by atomic mass is 10.2. The van der Waals surface area contributed by atoms with E-state index < -0.39 is 0 Å². The third kappa shape index (κ3) is 4.71. The lowest BCUT2D eigenvalue weighted by molar-refractivity contribution is 0.349. The molecule has 0 N–H and O–H groups in total. The molecule has 0 saturated carbocycles. The predicted molar refractivity (Wildman–Crippen MR) is 117 cm³/mol. The molecule has 3 rings (SSSR count). The van der Waals surface area contributed by atoms with Gasteiger partial charge < -0.3 is 14.2 Å². The molecule has 0 spiro atoms. The van der Waals surface area contributed by atoms with Crippen LogP contribution in [0, 0.1) is 5.82 Å². The van der Waals surface area contributed by atoms with Crippen LogP contribution in [-0.4, -0.2) is 38.3 Å². The summed E-state index contributed by atoms with van der Waals surface area (Å²) in [5, 5.41) is 6.62. The Hall–Kier alpha value is -3.13. The highest BCUT2D eigenvalue weighted by Gasteiger charge is 2.12. The van der Waals surface area contributed by atoms with Crippen molar-refractivity contribution >= 4 is 17.6 Å². The van der Waals surface area contributed by atoms with Gasteiger partial charge in [0.15, 0.2) is 11.5 Å². The summed E-state index contributed by atoms with van der Waals surface area (Å²) in [5.41, 5.74) is 2.37. The summed E-state index contributed by atoms with van der Waals surface area (Å²) in [5.74, 6) is 1.45. The van der Waals surface area contributed by atoms with Crippen LogP contribution in [-0.2, 0) is 0 Å². The maximum atomic E-state index is 13.4. The quantitative estimate of drug-likeness (QED) is 0.517. The van der Waals surface area contributed by atoms with Crippen molar-refractivity contribution in [2.75, 3.05) is 21.3 Å². The van der Waals surface area contributed by atoms with Gasteiger partial charge in [-0.05, 0) is 44.2 Å². The zero-order chi connectivity index (χ0) is 21.7. The average molecular weight is 430 g/mol. The van der Waals surface area contributed by atoms with E-state index in [4.69, 9.17) is 14.2 Å². The lowest BCUT2D eigenvalue weighted by Gasteiger charge is -2.12. The number of benzene rings is 2. The first-order valence-corrected chi connectivity index (χ1v) is 10.2. The Bertz CT molecular complexity index is 1100. The maximum Gasteiger partial charge on any atom is 0.206 e. The molecule has 2 aromatic carbocycles. The highest BCUT2D eigenvalue weighted by molar-refractivity contribution is 7.07. The number of methoxy groups -OCH3 is 3. The molecule has 0 bridgehead atoms. The summed E-state index contributed by atoms with van der Waals surface area (Å²) < 4.78 is 31.3. The fourth-order valence-electron chi connectivity index (χ4n) is 2.81. The zero-order valence-corrected chi connectivity index (χ0v) is 18.4. The monoisotopic (exact) mass is 429 g/mol. The Morgan fingerprint density at radius 1 is 0.967 bits per heavy atom. The highest BCUT2D eigenvalue weighted by Crippen LogP contribution is 2.33. The van der Waals surface area contributed by atoms with Crippen LogP contribution in [0.3, 0.4) is 0 Å². The minimum absolute atomic E-state index is 0.0989. The number of ether oxygens (including phenoxy) is 3. The molecule has 0 amide bonds. The van der Waals surface area contributed by atoms with E-state index in [9.17, 15) is 4.39 Å². The van der Waals surface area contributed by atoms with Crippen molar-refractivity contribution in [3.8, 4) is 28.5 Å². The van der Waals surface area contributed by atoms with E-state index in [2.05, 4.69) is 10.1 Å². The Morgan fingerprint density at radius 2 is 1.60 bits per heavy atom. The van der Waals surface area contributed by atoms with Crippen LogP contribution in [0.4, 0.5) is 4.39 Å². The molecule has 30 heavy (non-hydrogen) atoms. The van der Waals surface area contributed by atoms with Crippen LogP contribution in [0.5, 0.6) is 17.2 Å². The number of hydrogen-bond donors (Lipinski definition) is 0. The largest absolute Gasteiger partial charge is 0.496 e. The average Bonchev–Trinajstić information content (AvgIpc) is 3.13. The molecule has 0 aliphatic rings. The number of thiazole rings is 1. The number of rotatable bonds is 7. The van der Waals surface area contributed by atoms with Gasteiger partial charge in [-0.15, -0.1) is 11.3 Å². The van der Waals surface area contributed by atoms with E-state index in [0.717, 1.165) is 21.6 Å². The Labute approximate surface area is 178 Å². The number of nitrogens with zero attached hydrogens (tertiary/aromatic N) is 3. The molecule has 1 aromatic heterocycles. The van der Waals surface area contributed by atoms with Gasteiger partial charge in [0, 0.05) is 28.6 Å². The van der Waals surface area contributed by atoms with Crippen LogP contribution in [0.15, 0.2) is 51.9 Å². The first-order valence-electron chi connectivity index (χ1n) is 9.31. The van der Waals surface area contributed by atoms with Crippen LogP contribution in [0.2, 0.25) is 0 Å². The van der Waals surface area contributed by atoms with Gasteiger partial charge in [-0.1, -0.05) is 0 Å². The van der Waals surface area contributed by atoms with E-state index in [-0.39, 0.29) is 11.9 Å². The zero-order valence-electron chi connectivity index (χ0n) is 17.5. The topological polar surface area (TPSA) is 57.3 Å². The molecular weight excluding hydrogens is 405 g/mol. The molecule has 8 heteroatoms. The Morgan fingerprint density at radius 3 is 2.20 bits per heavy atom. The Balaban J connectivity index is 2.13. The summed E-state index contributed by atoms with van der Waals surface area (Å²) in [6.07, 6.45) is 1.68. The third-order valence-corrected chi connectivity index (χ3v) is 5.07. The molecule has 3 aromatic rings. The molecule has 0 aliphatic heterocycles. The fraction of sp³-hybridized carbons (Fsp3) is 0.273. The SMILES string of the molecule is COc1cc(OC)c(OC)cc1C=Nn1c(-c2ccc(F)cc2)csc1=NC(C)C. The molecule has 0 radical (unpaired) electrons. The lowest BCUT2D eigenvalue weighted by Crippen LogP contribution is -2.14. The predicted octanol–water partition coefficient (Wildman–Crippen LogP) is 4.57. The molecule has 158 valence electrons. The second-order valence-electron chi connectivity index (χ2n) is 6.64. The summed E-state index contributed by atoms with van der Waals surface area (Å²) in [7, 11) is 4.73. The van der Waals surface area contributed by atoms with Crippen molar-refractivity contribution < 1.29 is 18.6 Å². The van der Waals surface area contributed by atoms with E-state index in [1.165, 1.54) is 23.5 Å². The first-order chi connectivity index (χ1) is 14.5. The minimum atomic E-state index is -0.286. The Kier molecular flexibility index (Phi) is 6.89. The van der Waals surface area contributed by atoms with Crippen molar-refractivity contribution in [3.63, 3.8) is 0 Å². The van der Waals surface area contributed by atoms with Crippen LogP contribution < -0.4 is 19.0 Å². The molecule has 0 aliphatic carbocycles. The fourth-order valence-corrected chi connectivity index (χ4v) is 3.78. The van der Waals surface area contributed by atoms with Gasteiger partial charge in [0.1, 0.15) is 11.6 Å². The molecule has 0 unspecified atom stereocenters. The highest BCUT2D eigenvalue weighted by atomic mass is 32.1.